The molecule has 6 heterocycles. The molecule has 0 spiro atoms. The zero-order valence-electron chi connectivity index (χ0n) is 79.5. The highest BCUT2D eigenvalue weighted by molar-refractivity contribution is 5.86. The van der Waals surface area contributed by atoms with Gasteiger partial charge in [-0.2, -0.15) is 44.5 Å². The molecule has 22 nitrogen and oxygen atoms in total. The van der Waals surface area contributed by atoms with Crippen molar-refractivity contribution in [2.45, 2.75) is 221 Å². The van der Waals surface area contributed by atoms with Gasteiger partial charge in [-0.3, -0.25) is 29.0 Å². The fourth-order valence-corrected chi connectivity index (χ4v) is 15.0. The fraction of sp³-hybridized carbons (Fsp3) is 0.312. The third-order valence-electron chi connectivity index (χ3n) is 22.6. The van der Waals surface area contributed by atoms with Crippen molar-refractivity contribution in [2.24, 2.45) is 0 Å². The molecule has 0 aliphatic rings. The molecule has 142 heavy (non-hydrogen) atoms. The van der Waals surface area contributed by atoms with Gasteiger partial charge in [0.1, 0.15) is 52.9 Å². The molecule has 9 aromatic carbocycles. The second kappa shape index (κ2) is 52.9. The molecule has 0 amide bonds. The van der Waals surface area contributed by atoms with E-state index in [1.807, 2.05) is 80.0 Å². The van der Waals surface area contributed by atoms with Gasteiger partial charge in [0.15, 0.2) is 0 Å². The summed E-state index contributed by atoms with van der Waals surface area (Å²) in [7, 11) is 0. The Kier molecular flexibility index (Phi) is 40.1. The van der Waals surface area contributed by atoms with Gasteiger partial charge in [0.05, 0.1) is 69.9 Å². The molecule has 15 rings (SSSR count). The highest BCUT2D eigenvalue weighted by atomic mass is 19.4. The first-order chi connectivity index (χ1) is 68.2. The lowest BCUT2D eigenvalue weighted by Crippen LogP contribution is -2.13. The van der Waals surface area contributed by atoms with E-state index < -0.39 is 47.7 Å². The van der Waals surface area contributed by atoms with Crippen molar-refractivity contribution in [1.29, 1.82) is 0 Å². The summed E-state index contributed by atoms with van der Waals surface area (Å²) >= 11 is 0. The number of hydrogen-bond acceptors (Lipinski definition) is 19. The predicted octanol–water partition coefficient (Wildman–Crippen LogP) is 23.3. The Morgan fingerprint density at radius 2 is 0.718 bits per heavy atom. The first-order valence-corrected chi connectivity index (χ1v) is 46.8. The third kappa shape index (κ3) is 34.3. The van der Waals surface area contributed by atoms with Crippen molar-refractivity contribution in [3.8, 4) is 39.9 Å². The zero-order valence-corrected chi connectivity index (χ0v) is 79.5. The molecule has 0 bridgehead atoms. The van der Waals surface area contributed by atoms with Gasteiger partial charge in [0.25, 0.3) is 0 Å². The number of aryl methyl sites for hydroxylation is 6. The topological polar surface area (TPSA) is 285 Å². The summed E-state index contributed by atoms with van der Waals surface area (Å²) in [4.78, 5) is 81.1. The van der Waals surface area contributed by atoms with Gasteiger partial charge in [0.2, 0.25) is 23.5 Å². The number of alkyl halides is 10. The van der Waals surface area contributed by atoms with E-state index in [9.17, 15) is 77.1 Å². The average molecular weight is 1950 g/mol. The molecule has 0 fully saturated rings. The van der Waals surface area contributed by atoms with Gasteiger partial charge < -0.3 is 13.7 Å². The Labute approximate surface area is 815 Å². The van der Waals surface area contributed by atoms with Gasteiger partial charge in [-0.15, -0.1) is 25.5 Å². The first kappa shape index (κ1) is 108. The van der Waals surface area contributed by atoms with E-state index in [2.05, 4.69) is 90.0 Å². The Morgan fingerprint density at radius 1 is 0.359 bits per heavy atom. The number of carbonyl (C=O) groups excluding carboxylic acids is 6. The molecule has 0 aliphatic carbocycles. The fourth-order valence-electron chi connectivity index (χ4n) is 15.0. The number of aromatic nitrogens is 14. The van der Waals surface area contributed by atoms with E-state index in [-0.39, 0.29) is 102 Å². The van der Waals surface area contributed by atoms with Crippen LogP contribution in [0, 0.1) is 12.7 Å². The second-order valence-electron chi connectivity index (χ2n) is 34.3. The molecule has 15 aromatic rings. The summed E-state index contributed by atoms with van der Waals surface area (Å²) in [5, 5.41) is 36.2. The largest absolute Gasteiger partial charge is 0.421 e. The van der Waals surface area contributed by atoms with Crippen LogP contribution in [0.2, 0.25) is 0 Å². The Morgan fingerprint density at radius 3 is 1.11 bits per heavy atom. The van der Waals surface area contributed by atoms with Crippen LogP contribution in [0.4, 0.5) is 48.3 Å². The van der Waals surface area contributed by atoms with Crippen LogP contribution in [0.1, 0.15) is 205 Å². The van der Waals surface area contributed by atoms with E-state index in [0.717, 1.165) is 175 Å². The Bertz CT molecular complexity index is 6450. The van der Waals surface area contributed by atoms with Crippen molar-refractivity contribution in [3.05, 3.63) is 368 Å². The van der Waals surface area contributed by atoms with Crippen molar-refractivity contribution < 1.29 is 86.0 Å². The lowest BCUT2D eigenvalue weighted by atomic mass is 9.96. The van der Waals surface area contributed by atoms with E-state index in [4.69, 9.17) is 8.94 Å². The Hall–Kier alpha value is -14.9. The maximum absolute atomic E-state index is 13.1. The number of unbranched alkanes of at least 4 members (excludes halogenated alkanes) is 4. The molecule has 740 valence electrons. The highest BCUT2D eigenvalue weighted by Gasteiger charge is 2.36. The standard InChI is InChI=1S/C26H31N3O2.2C22H21F3N2O2.C20H21FN4O.C19H15F4N3O/c1-4-5-6-24-18-29(28-27-24)25-13-11-22(12-14-25)16-26(31)17-23-15-21(9-7-19(23)2)10-8-20(3)30;1-2-3-8-20-26-27-21(29-20)16-11-9-15(10-12-16)13-18(28)14-17-6-4-5-7-19(17)22(23,24)25;1-2-3-8-20-26-21(27-29-20)16-11-9-15(10-12-16)13-18(28)14-17-6-4-5-7-19(17)22(23,24)25;1-2-3-4-18-14-25(24-23-18)19-7-5-15(6-8-19)10-20(26)11-16-9-17(21)13-22-12-16;20-11-15-12-26(25-24-15)16-7-5-13(6-8-16)9-17(27)10-14-3-1-2-4-18(14)19(21,22)23/h7,9,11-15,18H,4-6,8,10,16-17H2,1-3H3;2*4-7,9-12H,2-3,8,13-14H2,1H3;5-9,12-14H,2-4,10-11H2,1H3;1-8,12H,9-11H2. The smallest absolute Gasteiger partial charge is 0.416 e. The Balaban J connectivity index is 0.000000170. The number of hydrogen-bond donors (Lipinski definition) is 0. The summed E-state index contributed by atoms with van der Waals surface area (Å²) in [5.41, 5.74) is 11.7. The van der Waals surface area contributed by atoms with Crippen LogP contribution in [0.25, 0.3) is 39.9 Å². The van der Waals surface area contributed by atoms with Gasteiger partial charge in [-0.1, -0.05) is 220 Å². The van der Waals surface area contributed by atoms with Gasteiger partial charge in [0, 0.05) is 101 Å². The predicted molar refractivity (Wildman–Crippen MR) is 514 cm³/mol. The molecule has 0 saturated heterocycles. The molecular formula is C109H109F11N14O8. The third-order valence-corrected chi connectivity index (χ3v) is 22.6. The van der Waals surface area contributed by atoms with E-state index in [0.29, 0.717) is 71.6 Å². The van der Waals surface area contributed by atoms with Gasteiger partial charge >= 0.3 is 18.5 Å². The normalized spacial score (nSPS) is 11.3. The van der Waals surface area contributed by atoms with Crippen molar-refractivity contribution >= 4 is 34.7 Å². The van der Waals surface area contributed by atoms with Crippen LogP contribution >= 0.6 is 0 Å². The SMILES string of the molecule is CCCCc1cn(-c2ccc(CC(=O)Cc3cc(CCC(C)=O)ccc3C)cc2)nn1.CCCCc1cn(-c2ccc(CC(=O)Cc3cncc(F)c3)cc2)nn1.CCCCc1nc(-c2ccc(CC(=O)Cc3ccccc3C(F)(F)F)cc2)no1.CCCCc1nnc(-c2ccc(CC(=O)Cc3ccccc3C(F)(F)F)cc2)o1.O=C(Cc1ccc(-n2cc(CF)nn2)cc1)Cc1ccccc1C(F)(F)F. The quantitative estimate of drug-likeness (QED) is 0.0322. The van der Waals surface area contributed by atoms with Crippen molar-refractivity contribution in [1.82, 2.24) is 70.3 Å². The van der Waals surface area contributed by atoms with Crippen molar-refractivity contribution in [2.75, 3.05) is 0 Å². The van der Waals surface area contributed by atoms with Crippen LogP contribution in [0.15, 0.2) is 258 Å². The van der Waals surface area contributed by atoms with Crippen LogP contribution in [0.3, 0.4) is 0 Å². The molecular weight excluding hydrogens is 1840 g/mol. The summed E-state index contributed by atoms with van der Waals surface area (Å²) in [6.07, 6.45) is 8.25. The monoisotopic (exact) mass is 1950 g/mol. The molecule has 33 heteroatoms. The maximum atomic E-state index is 13.1. The number of Topliss-reactive ketones (excluding diaryl/α,β-unsaturated/α-hetero) is 6. The number of halogens is 11. The molecule has 0 atom stereocenters. The lowest BCUT2D eigenvalue weighted by Gasteiger charge is -2.12. The number of rotatable bonds is 41. The number of ketones is 6. The summed E-state index contributed by atoms with van der Waals surface area (Å²) in [6.45, 7) is 11.4. The van der Waals surface area contributed by atoms with Gasteiger partial charge in [-0.05, 0) is 198 Å². The van der Waals surface area contributed by atoms with E-state index in [1.165, 1.54) is 77.7 Å². The summed E-state index contributed by atoms with van der Waals surface area (Å²) in [6, 6.07) is 59.3. The first-order valence-electron chi connectivity index (χ1n) is 46.8. The van der Waals surface area contributed by atoms with Crippen LogP contribution in [-0.2, 0) is 150 Å². The van der Waals surface area contributed by atoms with Crippen LogP contribution < -0.4 is 0 Å². The molecule has 6 aromatic heterocycles. The molecule has 0 radical (unpaired) electrons. The number of pyridine rings is 1. The van der Waals surface area contributed by atoms with Crippen LogP contribution in [0.5, 0.6) is 0 Å². The molecule has 0 unspecified atom stereocenters. The minimum Gasteiger partial charge on any atom is -0.421 e. The minimum absolute atomic E-state index is 0.00646. The number of benzene rings is 9. The molecule has 0 saturated carbocycles. The van der Waals surface area contributed by atoms with E-state index >= 15 is 0 Å². The van der Waals surface area contributed by atoms with E-state index in [1.54, 1.807) is 89.1 Å². The molecule has 0 aliphatic heterocycles. The average Bonchev–Trinajstić information content (AvgIpc) is 1.21. The minimum atomic E-state index is -4.49. The number of carbonyl (C=O) groups is 6. The molecule has 0 N–H and O–H groups in total. The highest BCUT2D eigenvalue weighted by Crippen LogP contribution is 2.36. The lowest BCUT2D eigenvalue weighted by molar-refractivity contribution is -0.139. The number of nitrogens with zero attached hydrogens (tertiary/aromatic N) is 14. The summed E-state index contributed by atoms with van der Waals surface area (Å²) in [5.74, 6) is 1.14. The zero-order chi connectivity index (χ0) is 102. The van der Waals surface area contributed by atoms with Crippen LogP contribution in [-0.4, -0.2) is 105 Å². The van der Waals surface area contributed by atoms with Crippen molar-refractivity contribution in [3.63, 3.8) is 0 Å². The van der Waals surface area contributed by atoms with Gasteiger partial charge in [-0.25, -0.2) is 22.8 Å². The summed E-state index contributed by atoms with van der Waals surface area (Å²) < 4.78 is 159. The second-order valence-corrected chi connectivity index (χ2v) is 34.3. The maximum Gasteiger partial charge on any atom is 0.416 e.